The summed E-state index contributed by atoms with van der Waals surface area (Å²) in [6.45, 7) is 0.881. The van der Waals surface area contributed by atoms with Gasteiger partial charge in [0.1, 0.15) is 17.4 Å². The van der Waals surface area contributed by atoms with Crippen LogP contribution in [0.2, 0.25) is 0 Å². The first-order chi connectivity index (χ1) is 15.2. The van der Waals surface area contributed by atoms with Crippen LogP contribution >= 0.6 is 0 Å². The summed E-state index contributed by atoms with van der Waals surface area (Å²) in [7, 11) is -0.540. The molecule has 32 heavy (non-hydrogen) atoms. The number of amides is 1. The Labute approximate surface area is 186 Å². The fourth-order valence-corrected chi connectivity index (χ4v) is 6.12. The summed E-state index contributed by atoms with van der Waals surface area (Å²) in [5, 5.41) is 5.68. The molecule has 0 aliphatic carbocycles. The predicted molar refractivity (Wildman–Crippen MR) is 117 cm³/mol. The van der Waals surface area contributed by atoms with E-state index < -0.39 is 43.9 Å². The van der Waals surface area contributed by atoms with Crippen LogP contribution in [0.1, 0.15) is 28.8 Å². The predicted octanol–water partition coefficient (Wildman–Crippen LogP) is 2.45. The molecule has 7 nitrogen and oxygen atoms in total. The van der Waals surface area contributed by atoms with Crippen LogP contribution in [0.4, 0.5) is 8.78 Å². The Balaban J connectivity index is 2.31. The first-order valence-corrected chi connectivity index (χ1v) is 11.6. The second-order valence-corrected chi connectivity index (χ2v) is 10.1. The monoisotopic (exact) mass is 467 g/mol. The van der Waals surface area contributed by atoms with E-state index >= 15 is 8.78 Å². The van der Waals surface area contributed by atoms with Gasteiger partial charge in [0.05, 0.1) is 18.2 Å². The van der Waals surface area contributed by atoms with E-state index in [1.807, 2.05) is 0 Å². The molecule has 1 aliphatic heterocycles. The maximum atomic E-state index is 15.2. The summed E-state index contributed by atoms with van der Waals surface area (Å²) in [4.78, 5) is 11.0. The third-order valence-electron chi connectivity index (χ3n) is 5.79. The smallest absolute Gasteiger partial charge is 0.256 e. The van der Waals surface area contributed by atoms with E-state index in [1.165, 1.54) is 27.3 Å². The van der Waals surface area contributed by atoms with Gasteiger partial charge in [-0.25, -0.2) is 21.5 Å². The Morgan fingerprint density at radius 2 is 1.69 bits per heavy atom. The van der Waals surface area contributed by atoms with E-state index in [0.29, 0.717) is 13.1 Å². The lowest BCUT2D eigenvalue weighted by atomic mass is 9.84. The van der Waals surface area contributed by atoms with Crippen molar-refractivity contribution >= 4 is 15.9 Å². The highest BCUT2D eigenvalue weighted by molar-refractivity contribution is 7.90. The van der Waals surface area contributed by atoms with Crippen LogP contribution in [-0.2, 0) is 14.9 Å². The molecular formula is C22H27F2N3O4S. The minimum atomic E-state index is -4.47. The first kappa shape index (κ1) is 24.1. The number of sulfonamides is 1. The lowest BCUT2D eigenvalue weighted by molar-refractivity contribution is 0.0879. The van der Waals surface area contributed by atoms with Crippen LogP contribution in [-0.4, -0.2) is 52.9 Å². The summed E-state index contributed by atoms with van der Waals surface area (Å²) < 4.78 is 64.1. The summed E-state index contributed by atoms with van der Waals surface area (Å²) in [6, 6.07) is 9.40. The molecule has 0 spiro atoms. The zero-order chi connectivity index (χ0) is 23.5. The number of methoxy groups -OCH3 is 1. The van der Waals surface area contributed by atoms with Crippen LogP contribution in [0.25, 0.3) is 0 Å². The zero-order valence-electron chi connectivity index (χ0n) is 18.2. The van der Waals surface area contributed by atoms with Gasteiger partial charge in [0.2, 0.25) is 10.0 Å². The summed E-state index contributed by atoms with van der Waals surface area (Å²) in [6.07, 6.45) is 0.570. The van der Waals surface area contributed by atoms with E-state index in [1.54, 1.807) is 18.2 Å². The number of halogens is 2. The Bertz CT molecular complexity index is 1070. The molecule has 2 aromatic carbocycles. The summed E-state index contributed by atoms with van der Waals surface area (Å²) >= 11 is 0. The van der Waals surface area contributed by atoms with Crippen molar-refractivity contribution in [3.05, 3.63) is 65.2 Å². The van der Waals surface area contributed by atoms with Crippen LogP contribution in [0, 0.1) is 17.6 Å². The molecule has 1 aliphatic rings. The van der Waals surface area contributed by atoms with Gasteiger partial charge >= 0.3 is 0 Å². The Kier molecular flexibility index (Phi) is 7.16. The highest BCUT2D eigenvalue weighted by atomic mass is 32.2. The molecule has 0 bridgehead atoms. The zero-order valence-corrected chi connectivity index (χ0v) is 19.0. The molecule has 174 valence electrons. The van der Waals surface area contributed by atoms with E-state index in [0.717, 1.165) is 22.5 Å². The number of ether oxygens (including phenoxy) is 1. The van der Waals surface area contributed by atoms with Crippen LogP contribution in [0.5, 0.6) is 5.75 Å². The maximum Gasteiger partial charge on any atom is 0.256 e. The number of nitrogens with zero attached hydrogens (tertiary/aromatic N) is 1. The molecule has 1 atom stereocenters. The number of carbonyl (C=O) groups excluding carboxylic acids is 1. The molecule has 1 unspecified atom stereocenters. The number of rotatable bonds is 7. The van der Waals surface area contributed by atoms with Gasteiger partial charge in [-0.3, -0.25) is 4.79 Å². The quantitative estimate of drug-likeness (QED) is 0.653. The van der Waals surface area contributed by atoms with Crippen molar-refractivity contribution < 1.29 is 26.7 Å². The van der Waals surface area contributed by atoms with Crippen LogP contribution in [0.3, 0.4) is 0 Å². The van der Waals surface area contributed by atoms with Gasteiger partial charge in [-0.05, 0) is 50.2 Å². The fraction of sp³-hybridized carbons (Fsp3) is 0.409. The molecular weight excluding hydrogens is 440 g/mol. The number of benzene rings is 2. The topological polar surface area (TPSA) is 87.7 Å². The van der Waals surface area contributed by atoms with E-state index in [-0.39, 0.29) is 24.2 Å². The second-order valence-electron chi connectivity index (χ2n) is 7.80. The number of para-hydroxylation sites is 1. The lowest BCUT2D eigenvalue weighted by Crippen LogP contribution is -2.62. The van der Waals surface area contributed by atoms with Crippen molar-refractivity contribution in [2.24, 2.45) is 5.92 Å². The molecule has 0 radical (unpaired) electrons. The molecule has 0 aromatic heterocycles. The number of nitrogens with one attached hydrogen (secondary N) is 2. The van der Waals surface area contributed by atoms with Gasteiger partial charge in [0.15, 0.2) is 4.87 Å². The Hall–Kier alpha value is -2.56. The standard InChI is InChI=1S/C22H27F2N3O4S/c1-27(2)32(29,30)22(15-11-13-25-14-12-15,20-17(23)8-6-9-18(20)24)26-21(28)16-7-4-5-10-19(16)31-3/h4-10,15,25H,11-14H2,1-3H3,(H,26,28). The van der Waals surface area contributed by atoms with Crippen molar-refractivity contribution in [2.45, 2.75) is 17.7 Å². The minimum Gasteiger partial charge on any atom is -0.496 e. The van der Waals surface area contributed by atoms with Crippen molar-refractivity contribution in [3.63, 3.8) is 0 Å². The minimum absolute atomic E-state index is 0.0546. The van der Waals surface area contributed by atoms with Crippen molar-refractivity contribution in [1.82, 2.24) is 14.9 Å². The molecule has 0 saturated carbocycles. The maximum absolute atomic E-state index is 15.2. The largest absolute Gasteiger partial charge is 0.496 e. The van der Waals surface area contributed by atoms with E-state index in [9.17, 15) is 13.2 Å². The Morgan fingerprint density at radius 3 is 2.25 bits per heavy atom. The summed E-state index contributed by atoms with van der Waals surface area (Å²) in [5.41, 5.74) is -0.636. The fourth-order valence-electron chi connectivity index (χ4n) is 4.21. The molecule has 1 fully saturated rings. The molecule has 10 heteroatoms. The van der Waals surface area contributed by atoms with Crippen molar-refractivity contribution in [1.29, 1.82) is 0 Å². The Morgan fingerprint density at radius 1 is 1.09 bits per heavy atom. The van der Waals surface area contributed by atoms with Crippen molar-refractivity contribution in [3.8, 4) is 5.75 Å². The van der Waals surface area contributed by atoms with Gasteiger partial charge in [0.25, 0.3) is 5.91 Å². The molecule has 3 rings (SSSR count). The van der Waals surface area contributed by atoms with Crippen LogP contribution in [0.15, 0.2) is 42.5 Å². The first-order valence-electron chi connectivity index (χ1n) is 10.2. The van der Waals surface area contributed by atoms with Gasteiger partial charge in [-0.15, -0.1) is 0 Å². The lowest BCUT2D eigenvalue weighted by Gasteiger charge is -2.44. The number of piperidine rings is 1. The van der Waals surface area contributed by atoms with Gasteiger partial charge < -0.3 is 15.4 Å². The highest BCUT2D eigenvalue weighted by Crippen LogP contribution is 2.44. The highest BCUT2D eigenvalue weighted by Gasteiger charge is 2.56. The molecule has 2 aromatic rings. The molecule has 1 heterocycles. The van der Waals surface area contributed by atoms with Crippen molar-refractivity contribution in [2.75, 3.05) is 34.3 Å². The average Bonchev–Trinajstić information content (AvgIpc) is 2.78. The van der Waals surface area contributed by atoms with Gasteiger partial charge in [-0.2, -0.15) is 0 Å². The third-order valence-corrected chi connectivity index (χ3v) is 8.20. The summed E-state index contributed by atoms with van der Waals surface area (Å²) in [5.74, 6) is -3.49. The number of hydrogen-bond acceptors (Lipinski definition) is 5. The molecule has 1 saturated heterocycles. The van der Waals surface area contributed by atoms with Gasteiger partial charge in [-0.1, -0.05) is 18.2 Å². The van der Waals surface area contributed by atoms with E-state index in [2.05, 4.69) is 10.6 Å². The number of carbonyl (C=O) groups is 1. The third kappa shape index (κ3) is 4.10. The second kappa shape index (κ2) is 9.51. The van der Waals surface area contributed by atoms with E-state index in [4.69, 9.17) is 4.74 Å². The van der Waals surface area contributed by atoms with Crippen LogP contribution < -0.4 is 15.4 Å². The number of hydrogen-bond donors (Lipinski definition) is 2. The normalized spacial score (nSPS) is 17.1. The SMILES string of the molecule is COc1ccccc1C(=O)NC(c1c(F)cccc1F)(C1CCNCC1)S(=O)(=O)N(C)C. The molecule has 2 N–H and O–H groups in total. The van der Waals surface area contributed by atoms with Gasteiger partial charge in [0, 0.05) is 20.0 Å². The molecule has 1 amide bonds. The average molecular weight is 468 g/mol.